The average molecular weight is 322 g/mol. The molecule has 1 aliphatic rings. The Hall–Kier alpha value is -1.56. The van der Waals surface area contributed by atoms with E-state index in [4.69, 9.17) is 4.74 Å². The molecule has 1 aliphatic carbocycles. The van der Waals surface area contributed by atoms with Crippen LogP contribution in [-0.2, 0) is 11.3 Å². The van der Waals surface area contributed by atoms with Crippen molar-refractivity contribution >= 4 is 6.09 Å². The lowest BCUT2D eigenvalue weighted by Gasteiger charge is -2.26. The van der Waals surface area contributed by atoms with Crippen LogP contribution in [0.3, 0.4) is 0 Å². The van der Waals surface area contributed by atoms with E-state index in [0.29, 0.717) is 19.0 Å². The van der Waals surface area contributed by atoms with Crippen LogP contribution in [0.2, 0.25) is 0 Å². The van der Waals surface area contributed by atoms with Crippen LogP contribution < -0.4 is 10.6 Å². The number of rotatable bonds is 6. The number of nitrogens with zero attached hydrogens (tertiary/aromatic N) is 1. The normalized spacial score (nSPS) is 17.2. The van der Waals surface area contributed by atoms with Gasteiger partial charge in [0.25, 0.3) is 0 Å². The molecule has 0 spiro atoms. The summed E-state index contributed by atoms with van der Waals surface area (Å²) >= 11 is 0. The maximum atomic E-state index is 11.9. The molecular formula is C17H30N4O2. The number of aromatic amines is 1. The lowest BCUT2D eigenvalue weighted by atomic mass is 9.98. The summed E-state index contributed by atoms with van der Waals surface area (Å²) < 4.78 is 5.33. The molecule has 1 fully saturated rings. The van der Waals surface area contributed by atoms with Crippen molar-refractivity contribution in [3.05, 3.63) is 17.7 Å². The minimum atomic E-state index is -0.466. The first kappa shape index (κ1) is 17.8. The largest absolute Gasteiger partial charge is 0.444 e. The molecule has 130 valence electrons. The molecule has 0 saturated heterocycles. The first-order valence-corrected chi connectivity index (χ1v) is 8.54. The summed E-state index contributed by atoms with van der Waals surface area (Å²) in [4.78, 5) is 19.3. The number of carbonyl (C=O) groups excluding carboxylic acids is 1. The molecular weight excluding hydrogens is 292 g/mol. The van der Waals surface area contributed by atoms with Crippen molar-refractivity contribution in [2.24, 2.45) is 5.92 Å². The van der Waals surface area contributed by atoms with Gasteiger partial charge in [-0.05, 0) is 46.5 Å². The highest BCUT2D eigenvalue weighted by atomic mass is 16.6. The van der Waals surface area contributed by atoms with E-state index in [1.54, 1.807) is 6.33 Å². The number of carbonyl (C=O) groups is 1. The first-order valence-electron chi connectivity index (χ1n) is 8.54. The molecule has 0 aliphatic heterocycles. The van der Waals surface area contributed by atoms with Crippen molar-refractivity contribution < 1.29 is 9.53 Å². The van der Waals surface area contributed by atoms with E-state index < -0.39 is 5.60 Å². The van der Waals surface area contributed by atoms with Gasteiger partial charge in [0.05, 0.1) is 12.0 Å². The quantitative estimate of drug-likeness (QED) is 0.752. The molecule has 2 rings (SSSR count). The number of imidazole rings is 1. The van der Waals surface area contributed by atoms with E-state index >= 15 is 0 Å². The third-order valence-electron chi connectivity index (χ3n) is 4.30. The van der Waals surface area contributed by atoms with Crippen LogP contribution in [0.1, 0.15) is 57.8 Å². The van der Waals surface area contributed by atoms with Gasteiger partial charge in [0.15, 0.2) is 0 Å². The topological polar surface area (TPSA) is 79.0 Å². The summed E-state index contributed by atoms with van der Waals surface area (Å²) in [6.07, 6.45) is 6.35. The molecule has 6 heteroatoms. The van der Waals surface area contributed by atoms with Crippen LogP contribution in [0.15, 0.2) is 6.33 Å². The molecule has 1 saturated carbocycles. The van der Waals surface area contributed by atoms with Crippen LogP contribution in [-0.4, -0.2) is 34.2 Å². The molecule has 1 aromatic heterocycles. The fourth-order valence-corrected chi connectivity index (χ4v) is 3.07. The van der Waals surface area contributed by atoms with Gasteiger partial charge < -0.3 is 20.4 Å². The van der Waals surface area contributed by atoms with Crippen molar-refractivity contribution in [2.75, 3.05) is 6.54 Å². The van der Waals surface area contributed by atoms with Crippen molar-refractivity contribution in [1.82, 2.24) is 20.6 Å². The molecule has 6 nitrogen and oxygen atoms in total. The Labute approximate surface area is 138 Å². The fraction of sp³-hybridized carbons (Fsp3) is 0.765. The molecule has 1 amide bonds. The van der Waals surface area contributed by atoms with E-state index in [1.807, 2.05) is 27.7 Å². The zero-order valence-corrected chi connectivity index (χ0v) is 14.7. The zero-order valence-electron chi connectivity index (χ0n) is 14.7. The van der Waals surface area contributed by atoms with Gasteiger partial charge in [-0.15, -0.1) is 0 Å². The second kappa shape index (κ2) is 7.81. The summed E-state index contributed by atoms with van der Waals surface area (Å²) in [6.45, 7) is 8.95. The van der Waals surface area contributed by atoms with Gasteiger partial charge in [0, 0.05) is 24.8 Å². The van der Waals surface area contributed by atoms with E-state index in [9.17, 15) is 4.79 Å². The smallest absolute Gasteiger partial charge is 0.407 e. The fourth-order valence-electron chi connectivity index (χ4n) is 3.07. The lowest BCUT2D eigenvalue weighted by molar-refractivity contribution is 0.0518. The SMILES string of the molecule is Cc1[nH]cnc1CNC(CNC(=O)OC(C)(C)C)C1CCCC1. The number of ether oxygens (including phenoxy) is 1. The van der Waals surface area contributed by atoms with Gasteiger partial charge in [-0.25, -0.2) is 9.78 Å². The monoisotopic (exact) mass is 322 g/mol. The Bertz CT molecular complexity index is 501. The minimum absolute atomic E-state index is 0.251. The van der Waals surface area contributed by atoms with Gasteiger partial charge >= 0.3 is 6.09 Å². The summed E-state index contributed by atoms with van der Waals surface area (Å²) in [7, 11) is 0. The number of H-pyrrole nitrogens is 1. The second-order valence-corrected chi connectivity index (χ2v) is 7.39. The third-order valence-corrected chi connectivity index (χ3v) is 4.30. The van der Waals surface area contributed by atoms with Crippen molar-refractivity contribution in [2.45, 2.75) is 71.6 Å². The standard InChI is InChI=1S/C17H30N4O2/c1-12-14(21-11-20-12)9-18-15(13-7-5-6-8-13)10-19-16(22)23-17(2,3)4/h11,13,15,18H,5-10H2,1-4H3,(H,19,22)(H,20,21). The van der Waals surface area contributed by atoms with Gasteiger partial charge in [-0.1, -0.05) is 12.8 Å². The molecule has 1 unspecified atom stereocenters. The minimum Gasteiger partial charge on any atom is -0.444 e. The van der Waals surface area contributed by atoms with Crippen LogP contribution in [0.4, 0.5) is 4.79 Å². The highest BCUT2D eigenvalue weighted by molar-refractivity contribution is 5.67. The number of nitrogens with one attached hydrogen (secondary N) is 3. The second-order valence-electron chi connectivity index (χ2n) is 7.39. The predicted molar refractivity (Wildman–Crippen MR) is 90.1 cm³/mol. The number of aryl methyl sites for hydroxylation is 1. The van der Waals surface area contributed by atoms with E-state index in [1.165, 1.54) is 25.7 Å². The van der Waals surface area contributed by atoms with Crippen LogP contribution in [0.25, 0.3) is 0 Å². The number of hydrogen-bond acceptors (Lipinski definition) is 4. The zero-order chi connectivity index (χ0) is 16.9. The molecule has 1 atom stereocenters. The maximum Gasteiger partial charge on any atom is 0.407 e. The summed E-state index contributed by atoms with van der Waals surface area (Å²) in [5.41, 5.74) is 1.65. The maximum absolute atomic E-state index is 11.9. The molecule has 0 radical (unpaired) electrons. The van der Waals surface area contributed by atoms with E-state index in [2.05, 4.69) is 20.6 Å². The van der Waals surface area contributed by atoms with Gasteiger partial charge in [-0.3, -0.25) is 0 Å². The van der Waals surface area contributed by atoms with Crippen molar-refractivity contribution in [3.63, 3.8) is 0 Å². The van der Waals surface area contributed by atoms with Crippen molar-refractivity contribution in [1.29, 1.82) is 0 Å². The molecule has 0 bridgehead atoms. The summed E-state index contributed by atoms with van der Waals surface area (Å²) in [5, 5.41) is 6.48. The number of hydrogen-bond donors (Lipinski definition) is 3. The van der Waals surface area contributed by atoms with E-state index in [0.717, 1.165) is 11.4 Å². The van der Waals surface area contributed by atoms with Gasteiger partial charge in [0.2, 0.25) is 0 Å². The highest BCUT2D eigenvalue weighted by Crippen LogP contribution is 2.27. The first-order chi connectivity index (χ1) is 10.8. The van der Waals surface area contributed by atoms with Gasteiger partial charge in [-0.2, -0.15) is 0 Å². The number of amides is 1. The van der Waals surface area contributed by atoms with Crippen LogP contribution >= 0.6 is 0 Å². The number of alkyl carbamates (subject to hydrolysis) is 1. The Kier molecular flexibility index (Phi) is 6.04. The van der Waals surface area contributed by atoms with Crippen molar-refractivity contribution in [3.8, 4) is 0 Å². The molecule has 1 aromatic rings. The average Bonchev–Trinajstić information content (AvgIpc) is 3.09. The van der Waals surface area contributed by atoms with Crippen LogP contribution in [0, 0.1) is 12.8 Å². The van der Waals surface area contributed by atoms with Gasteiger partial charge in [0.1, 0.15) is 5.60 Å². The number of aromatic nitrogens is 2. The molecule has 23 heavy (non-hydrogen) atoms. The lowest BCUT2D eigenvalue weighted by Crippen LogP contribution is -2.46. The Morgan fingerprint density at radius 1 is 1.43 bits per heavy atom. The highest BCUT2D eigenvalue weighted by Gasteiger charge is 2.26. The summed E-state index contributed by atoms with van der Waals surface area (Å²) in [6, 6.07) is 0.251. The Morgan fingerprint density at radius 2 is 2.13 bits per heavy atom. The molecule has 0 aromatic carbocycles. The Balaban J connectivity index is 1.87. The predicted octanol–water partition coefficient (Wildman–Crippen LogP) is 2.89. The Morgan fingerprint density at radius 3 is 2.70 bits per heavy atom. The third kappa shape index (κ3) is 5.86. The molecule has 3 N–H and O–H groups in total. The molecule has 1 heterocycles. The van der Waals surface area contributed by atoms with E-state index in [-0.39, 0.29) is 12.1 Å². The van der Waals surface area contributed by atoms with Crippen LogP contribution in [0.5, 0.6) is 0 Å². The summed E-state index contributed by atoms with van der Waals surface area (Å²) in [5.74, 6) is 0.601.